The second-order valence-electron chi connectivity index (χ2n) is 5.93. The van der Waals surface area contributed by atoms with Gasteiger partial charge in [-0.1, -0.05) is 36.7 Å². The summed E-state index contributed by atoms with van der Waals surface area (Å²) in [5.41, 5.74) is 3.56. The second-order valence-corrected chi connectivity index (χ2v) is 6.76. The third-order valence-electron chi connectivity index (χ3n) is 4.35. The van der Waals surface area contributed by atoms with Crippen LogP contribution in [0.2, 0.25) is 5.02 Å². The molecule has 126 valence electrons. The van der Waals surface area contributed by atoms with Crippen molar-refractivity contribution in [1.82, 2.24) is 4.90 Å². The SMILES string of the molecule is CCc1ccc(NC(=S)N2CCN(c3cccc(Cl)c3)CC2)cc1. The van der Waals surface area contributed by atoms with Crippen molar-refractivity contribution in [2.75, 3.05) is 36.4 Å². The molecule has 0 aliphatic carbocycles. The van der Waals surface area contributed by atoms with Crippen LogP contribution in [0, 0.1) is 0 Å². The quantitative estimate of drug-likeness (QED) is 0.817. The number of piperazine rings is 1. The maximum absolute atomic E-state index is 6.09. The minimum atomic E-state index is 0.780. The summed E-state index contributed by atoms with van der Waals surface area (Å²) in [6, 6.07) is 16.5. The molecule has 2 aromatic rings. The molecule has 0 unspecified atom stereocenters. The van der Waals surface area contributed by atoms with Crippen LogP contribution in [0.15, 0.2) is 48.5 Å². The summed E-state index contributed by atoms with van der Waals surface area (Å²) in [5, 5.41) is 4.92. The number of aryl methyl sites for hydroxylation is 1. The summed E-state index contributed by atoms with van der Waals surface area (Å²) in [7, 11) is 0. The lowest BCUT2D eigenvalue weighted by molar-refractivity contribution is 0.391. The topological polar surface area (TPSA) is 18.5 Å². The van der Waals surface area contributed by atoms with Crippen molar-refractivity contribution in [3.05, 3.63) is 59.1 Å². The van der Waals surface area contributed by atoms with Gasteiger partial charge in [-0.2, -0.15) is 0 Å². The van der Waals surface area contributed by atoms with E-state index in [1.807, 2.05) is 18.2 Å². The van der Waals surface area contributed by atoms with Gasteiger partial charge >= 0.3 is 0 Å². The van der Waals surface area contributed by atoms with Gasteiger partial charge < -0.3 is 15.1 Å². The molecule has 1 saturated heterocycles. The molecule has 1 fully saturated rings. The summed E-state index contributed by atoms with van der Waals surface area (Å²) in [6.07, 6.45) is 1.05. The molecule has 3 nitrogen and oxygen atoms in total. The summed E-state index contributed by atoms with van der Waals surface area (Å²) < 4.78 is 0. The Labute approximate surface area is 154 Å². The number of hydrogen-bond acceptors (Lipinski definition) is 2. The van der Waals surface area contributed by atoms with Crippen molar-refractivity contribution in [3.8, 4) is 0 Å². The van der Waals surface area contributed by atoms with E-state index in [0.29, 0.717) is 0 Å². The van der Waals surface area contributed by atoms with Crippen molar-refractivity contribution in [1.29, 1.82) is 0 Å². The van der Waals surface area contributed by atoms with Crippen LogP contribution in [0.1, 0.15) is 12.5 Å². The zero-order chi connectivity index (χ0) is 16.9. The van der Waals surface area contributed by atoms with Crippen molar-refractivity contribution in [2.45, 2.75) is 13.3 Å². The van der Waals surface area contributed by atoms with E-state index in [0.717, 1.165) is 48.4 Å². The third-order valence-corrected chi connectivity index (χ3v) is 4.95. The van der Waals surface area contributed by atoms with Crippen LogP contribution in [0.25, 0.3) is 0 Å². The fourth-order valence-corrected chi connectivity index (χ4v) is 3.35. The Kier molecular flexibility index (Phi) is 5.59. The average molecular weight is 360 g/mol. The van der Waals surface area contributed by atoms with E-state index in [1.54, 1.807) is 0 Å². The molecule has 0 amide bonds. The molecule has 24 heavy (non-hydrogen) atoms. The van der Waals surface area contributed by atoms with Gasteiger partial charge in [0.15, 0.2) is 5.11 Å². The van der Waals surface area contributed by atoms with Crippen LogP contribution in [-0.2, 0) is 6.42 Å². The number of halogens is 1. The number of rotatable bonds is 3. The van der Waals surface area contributed by atoms with Gasteiger partial charge in [-0.15, -0.1) is 0 Å². The molecule has 5 heteroatoms. The molecule has 0 spiro atoms. The summed E-state index contributed by atoms with van der Waals surface area (Å²) in [6.45, 7) is 5.86. The fraction of sp³-hybridized carbons (Fsp3) is 0.316. The Morgan fingerprint density at radius 3 is 2.42 bits per heavy atom. The lowest BCUT2D eigenvalue weighted by Gasteiger charge is -2.37. The predicted molar refractivity (Wildman–Crippen MR) is 107 cm³/mol. The Bertz CT molecular complexity index is 694. The first-order valence-electron chi connectivity index (χ1n) is 8.31. The molecular weight excluding hydrogens is 338 g/mol. The molecule has 1 aliphatic rings. The van der Waals surface area contributed by atoms with E-state index in [4.69, 9.17) is 23.8 Å². The molecular formula is C19H22ClN3S. The Morgan fingerprint density at radius 1 is 1.08 bits per heavy atom. The summed E-state index contributed by atoms with van der Waals surface area (Å²) in [4.78, 5) is 4.57. The number of benzene rings is 2. The van der Waals surface area contributed by atoms with Gasteiger partial charge in [-0.25, -0.2) is 0 Å². The maximum atomic E-state index is 6.09. The lowest BCUT2D eigenvalue weighted by atomic mass is 10.1. The first kappa shape index (κ1) is 17.1. The van der Waals surface area contributed by atoms with E-state index in [2.05, 4.69) is 52.4 Å². The van der Waals surface area contributed by atoms with Gasteiger partial charge in [0, 0.05) is 42.6 Å². The average Bonchev–Trinajstić information content (AvgIpc) is 2.62. The molecule has 1 heterocycles. The zero-order valence-corrected chi connectivity index (χ0v) is 15.4. The number of anilines is 2. The molecule has 0 saturated carbocycles. The van der Waals surface area contributed by atoms with E-state index < -0.39 is 0 Å². The van der Waals surface area contributed by atoms with Crippen molar-refractivity contribution >= 4 is 40.3 Å². The number of hydrogen-bond donors (Lipinski definition) is 1. The Balaban J connectivity index is 1.54. The first-order valence-corrected chi connectivity index (χ1v) is 9.09. The van der Waals surface area contributed by atoms with E-state index >= 15 is 0 Å². The van der Waals surface area contributed by atoms with Crippen LogP contribution in [0.5, 0.6) is 0 Å². The molecule has 0 aromatic heterocycles. The lowest BCUT2D eigenvalue weighted by Crippen LogP contribution is -2.50. The van der Waals surface area contributed by atoms with Crippen LogP contribution in [-0.4, -0.2) is 36.2 Å². The van der Waals surface area contributed by atoms with Gasteiger partial charge in [-0.3, -0.25) is 0 Å². The largest absolute Gasteiger partial charge is 0.368 e. The van der Waals surface area contributed by atoms with E-state index in [1.165, 1.54) is 11.3 Å². The first-order chi connectivity index (χ1) is 11.7. The standard InChI is InChI=1S/C19H22ClN3S/c1-2-15-6-8-17(9-7-15)21-19(24)23-12-10-22(11-13-23)18-5-3-4-16(20)14-18/h3-9,14H,2,10-13H2,1H3,(H,21,24). The van der Waals surface area contributed by atoms with Crippen LogP contribution in [0.4, 0.5) is 11.4 Å². The molecule has 3 rings (SSSR count). The van der Waals surface area contributed by atoms with Crippen LogP contribution < -0.4 is 10.2 Å². The van der Waals surface area contributed by atoms with Crippen molar-refractivity contribution in [2.24, 2.45) is 0 Å². The van der Waals surface area contributed by atoms with Crippen LogP contribution >= 0.6 is 23.8 Å². The maximum Gasteiger partial charge on any atom is 0.173 e. The smallest absolute Gasteiger partial charge is 0.173 e. The Hall–Kier alpha value is -1.78. The van der Waals surface area contributed by atoms with Gasteiger partial charge in [-0.05, 0) is 54.5 Å². The highest BCUT2D eigenvalue weighted by Gasteiger charge is 2.19. The summed E-state index contributed by atoms with van der Waals surface area (Å²) in [5.74, 6) is 0. The van der Waals surface area contributed by atoms with Crippen molar-refractivity contribution < 1.29 is 0 Å². The normalized spacial score (nSPS) is 14.6. The van der Waals surface area contributed by atoms with Crippen LogP contribution in [0.3, 0.4) is 0 Å². The molecule has 2 aromatic carbocycles. The van der Waals surface area contributed by atoms with Gasteiger partial charge in [0.05, 0.1) is 0 Å². The minimum Gasteiger partial charge on any atom is -0.368 e. The van der Waals surface area contributed by atoms with E-state index in [9.17, 15) is 0 Å². The second kappa shape index (κ2) is 7.86. The minimum absolute atomic E-state index is 0.780. The highest BCUT2D eigenvalue weighted by atomic mass is 35.5. The molecule has 0 atom stereocenters. The number of nitrogens with one attached hydrogen (secondary N) is 1. The van der Waals surface area contributed by atoms with Gasteiger partial charge in [0.1, 0.15) is 0 Å². The molecule has 0 radical (unpaired) electrons. The zero-order valence-electron chi connectivity index (χ0n) is 13.8. The molecule has 1 aliphatic heterocycles. The number of nitrogens with zero attached hydrogens (tertiary/aromatic N) is 2. The Morgan fingerprint density at radius 2 is 1.79 bits per heavy atom. The third kappa shape index (κ3) is 4.19. The summed E-state index contributed by atoms with van der Waals surface area (Å²) >= 11 is 11.7. The molecule has 1 N–H and O–H groups in total. The monoisotopic (exact) mass is 359 g/mol. The van der Waals surface area contributed by atoms with Gasteiger partial charge in [0.2, 0.25) is 0 Å². The van der Waals surface area contributed by atoms with Gasteiger partial charge in [0.25, 0.3) is 0 Å². The van der Waals surface area contributed by atoms with Crippen molar-refractivity contribution in [3.63, 3.8) is 0 Å². The highest BCUT2D eigenvalue weighted by Crippen LogP contribution is 2.21. The highest BCUT2D eigenvalue weighted by molar-refractivity contribution is 7.80. The fourth-order valence-electron chi connectivity index (χ4n) is 2.87. The number of thiocarbonyl (C=S) groups is 1. The predicted octanol–water partition coefficient (Wildman–Crippen LogP) is 4.42. The van der Waals surface area contributed by atoms with E-state index in [-0.39, 0.29) is 0 Å². The molecule has 0 bridgehead atoms.